The van der Waals surface area contributed by atoms with Crippen LogP contribution in [0.25, 0.3) is 0 Å². The summed E-state index contributed by atoms with van der Waals surface area (Å²) in [6, 6.07) is 21.1. The van der Waals surface area contributed by atoms with Crippen molar-refractivity contribution in [3.63, 3.8) is 0 Å². The molecule has 0 aliphatic carbocycles. The highest BCUT2D eigenvalue weighted by Crippen LogP contribution is 2.29. The number of hydrogen-bond donors (Lipinski definition) is 2. The van der Waals surface area contributed by atoms with Gasteiger partial charge in [-0.3, -0.25) is 4.72 Å². The first-order valence-corrected chi connectivity index (χ1v) is 9.62. The van der Waals surface area contributed by atoms with Crippen LogP contribution in [0.1, 0.15) is 0 Å². The van der Waals surface area contributed by atoms with Gasteiger partial charge in [-0.15, -0.1) is 0 Å². The third-order valence-corrected chi connectivity index (χ3v) is 5.25. The lowest BCUT2D eigenvalue weighted by Crippen LogP contribution is -2.14. The van der Waals surface area contributed by atoms with Crippen LogP contribution < -0.4 is 14.8 Å². The molecule has 0 spiro atoms. The molecule has 134 valence electrons. The summed E-state index contributed by atoms with van der Waals surface area (Å²) in [5.74, 6) is 0.226. The highest BCUT2D eigenvalue weighted by atomic mass is 35.5. The molecule has 0 unspecified atom stereocenters. The number of benzene rings is 3. The van der Waals surface area contributed by atoms with Gasteiger partial charge in [0, 0.05) is 22.1 Å². The number of nitrogens with one attached hydrogen (secondary N) is 2. The number of rotatable bonds is 6. The van der Waals surface area contributed by atoms with Gasteiger partial charge in [-0.1, -0.05) is 29.8 Å². The Morgan fingerprint density at radius 2 is 1.46 bits per heavy atom. The molecule has 0 heterocycles. The molecule has 2 N–H and O–H groups in total. The van der Waals surface area contributed by atoms with Gasteiger partial charge in [0.25, 0.3) is 10.0 Å². The molecule has 3 aromatic rings. The van der Waals surface area contributed by atoms with E-state index in [0.29, 0.717) is 10.7 Å². The second kappa shape index (κ2) is 7.68. The molecule has 0 aliphatic heterocycles. The molecule has 0 fully saturated rings. The van der Waals surface area contributed by atoms with Crippen molar-refractivity contribution >= 4 is 38.7 Å². The summed E-state index contributed by atoms with van der Waals surface area (Å²) in [6.07, 6.45) is 0. The average Bonchev–Trinajstić information content (AvgIpc) is 2.64. The molecule has 0 aliphatic rings. The van der Waals surface area contributed by atoms with Gasteiger partial charge in [-0.25, -0.2) is 8.42 Å². The topological polar surface area (TPSA) is 67.4 Å². The monoisotopic (exact) mass is 388 g/mol. The molecule has 26 heavy (non-hydrogen) atoms. The first-order chi connectivity index (χ1) is 12.5. The van der Waals surface area contributed by atoms with Crippen LogP contribution in [0.5, 0.6) is 5.75 Å². The zero-order valence-corrected chi connectivity index (χ0v) is 15.5. The summed E-state index contributed by atoms with van der Waals surface area (Å²) in [5.41, 5.74) is 2.23. The van der Waals surface area contributed by atoms with E-state index in [1.807, 2.05) is 30.3 Å². The molecular formula is C19H17ClN2O3S. The van der Waals surface area contributed by atoms with E-state index in [9.17, 15) is 8.42 Å². The SMILES string of the molecule is COc1ccc(Cl)cc1S(=O)(=O)Nc1ccc(Nc2ccccc2)cc1. The van der Waals surface area contributed by atoms with Crippen LogP contribution in [-0.4, -0.2) is 15.5 Å². The van der Waals surface area contributed by atoms with E-state index in [1.54, 1.807) is 30.3 Å². The molecule has 0 amide bonds. The first kappa shape index (κ1) is 18.1. The summed E-state index contributed by atoms with van der Waals surface area (Å²) in [4.78, 5) is -0.0148. The predicted molar refractivity (Wildman–Crippen MR) is 105 cm³/mol. The van der Waals surface area contributed by atoms with Gasteiger partial charge >= 0.3 is 0 Å². The molecule has 0 saturated heterocycles. The Morgan fingerprint density at radius 3 is 2.12 bits per heavy atom. The Kier molecular flexibility index (Phi) is 5.35. The molecule has 3 rings (SSSR count). The molecule has 5 nitrogen and oxygen atoms in total. The van der Waals surface area contributed by atoms with E-state index in [1.165, 1.54) is 19.2 Å². The summed E-state index contributed by atoms with van der Waals surface area (Å²) < 4.78 is 32.9. The lowest BCUT2D eigenvalue weighted by Gasteiger charge is -2.12. The number of ether oxygens (including phenoxy) is 1. The summed E-state index contributed by atoms with van der Waals surface area (Å²) in [7, 11) is -2.42. The largest absolute Gasteiger partial charge is 0.495 e. The summed E-state index contributed by atoms with van der Waals surface area (Å²) >= 11 is 5.92. The van der Waals surface area contributed by atoms with Crippen molar-refractivity contribution < 1.29 is 13.2 Å². The van der Waals surface area contributed by atoms with Crippen LogP contribution in [0.4, 0.5) is 17.1 Å². The zero-order chi connectivity index (χ0) is 18.6. The van der Waals surface area contributed by atoms with Crippen molar-refractivity contribution in [1.82, 2.24) is 0 Å². The highest BCUT2D eigenvalue weighted by molar-refractivity contribution is 7.92. The van der Waals surface area contributed by atoms with Gasteiger partial charge < -0.3 is 10.1 Å². The minimum atomic E-state index is -3.83. The van der Waals surface area contributed by atoms with E-state index in [4.69, 9.17) is 16.3 Å². The van der Waals surface area contributed by atoms with Gasteiger partial charge in [0.1, 0.15) is 10.6 Å². The Hall–Kier alpha value is -2.70. The van der Waals surface area contributed by atoms with Gasteiger partial charge in [0.05, 0.1) is 7.11 Å². The number of halogens is 1. The van der Waals surface area contributed by atoms with Crippen molar-refractivity contribution in [3.8, 4) is 5.75 Å². The normalized spacial score (nSPS) is 11.0. The quantitative estimate of drug-likeness (QED) is 0.630. The average molecular weight is 389 g/mol. The molecule has 0 atom stereocenters. The molecule has 0 radical (unpaired) electrons. The maximum atomic E-state index is 12.6. The van der Waals surface area contributed by atoms with Gasteiger partial charge in [-0.2, -0.15) is 0 Å². The first-order valence-electron chi connectivity index (χ1n) is 7.76. The van der Waals surface area contributed by atoms with E-state index >= 15 is 0 Å². The highest BCUT2D eigenvalue weighted by Gasteiger charge is 2.20. The number of sulfonamides is 1. The van der Waals surface area contributed by atoms with Crippen LogP contribution >= 0.6 is 11.6 Å². The standard InChI is InChI=1S/C19H17ClN2O3S/c1-25-18-12-7-14(20)13-19(18)26(23,24)22-17-10-8-16(9-11-17)21-15-5-3-2-4-6-15/h2-13,21-22H,1H3. The molecule has 0 aromatic heterocycles. The maximum Gasteiger partial charge on any atom is 0.265 e. The second-order valence-corrected chi connectivity index (χ2v) is 7.56. The summed E-state index contributed by atoms with van der Waals surface area (Å²) in [5, 5.41) is 3.55. The molecule has 3 aromatic carbocycles. The Morgan fingerprint density at radius 1 is 0.846 bits per heavy atom. The number of anilines is 3. The number of para-hydroxylation sites is 1. The minimum absolute atomic E-state index is 0.0148. The smallest absolute Gasteiger partial charge is 0.265 e. The van der Waals surface area contributed by atoms with E-state index in [-0.39, 0.29) is 10.6 Å². The molecule has 0 bridgehead atoms. The Labute approximate surface area is 157 Å². The third-order valence-electron chi connectivity index (χ3n) is 3.61. The van der Waals surface area contributed by atoms with Crippen molar-refractivity contribution in [3.05, 3.63) is 77.8 Å². The lowest BCUT2D eigenvalue weighted by atomic mass is 10.2. The van der Waals surface area contributed by atoms with E-state index in [0.717, 1.165) is 11.4 Å². The zero-order valence-electron chi connectivity index (χ0n) is 13.9. The Bertz CT molecular complexity index is 991. The van der Waals surface area contributed by atoms with E-state index in [2.05, 4.69) is 10.0 Å². The molecular weight excluding hydrogens is 372 g/mol. The third kappa shape index (κ3) is 4.28. The number of hydrogen-bond acceptors (Lipinski definition) is 4. The van der Waals surface area contributed by atoms with Crippen molar-refractivity contribution in [1.29, 1.82) is 0 Å². The lowest BCUT2D eigenvalue weighted by molar-refractivity contribution is 0.403. The van der Waals surface area contributed by atoms with Crippen molar-refractivity contribution in [2.75, 3.05) is 17.1 Å². The van der Waals surface area contributed by atoms with Crippen molar-refractivity contribution in [2.45, 2.75) is 4.90 Å². The van der Waals surface area contributed by atoms with Crippen LogP contribution in [-0.2, 0) is 10.0 Å². The molecule has 0 saturated carbocycles. The molecule has 7 heteroatoms. The fourth-order valence-corrected chi connectivity index (χ4v) is 3.87. The maximum absolute atomic E-state index is 12.6. The fraction of sp³-hybridized carbons (Fsp3) is 0.0526. The second-order valence-electron chi connectivity index (χ2n) is 5.47. The van der Waals surface area contributed by atoms with Crippen LogP contribution in [0.3, 0.4) is 0 Å². The van der Waals surface area contributed by atoms with Crippen molar-refractivity contribution in [2.24, 2.45) is 0 Å². The van der Waals surface area contributed by atoms with E-state index < -0.39 is 10.0 Å². The van der Waals surface area contributed by atoms with Crippen LogP contribution in [0, 0.1) is 0 Å². The predicted octanol–water partition coefficient (Wildman–Crippen LogP) is 4.89. The van der Waals surface area contributed by atoms with Gasteiger partial charge in [0.15, 0.2) is 0 Å². The fourth-order valence-electron chi connectivity index (χ4n) is 2.38. The number of methoxy groups -OCH3 is 1. The minimum Gasteiger partial charge on any atom is -0.495 e. The van der Waals surface area contributed by atoms with Crippen LogP contribution in [0.15, 0.2) is 77.7 Å². The summed E-state index contributed by atoms with van der Waals surface area (Å²) in [6.45, 7) is 0. The Balaban J connectivity index is 1.79. The van der Waals surface area contributed by atoms with Gasteiger partial charge in [0.2, 0.25) is 0 Å². The van der Waals surface area contributed by atoms with Gasteiger partial charge in [-0.05, 0) is 54.6 Å². The van der Waals surface area contributed by atoms with Crippen LogP contribution in [0.2, 0.25) is 5.02 Å².